The van der Waals surface area contributed by atoms with Gasteiger partial charge in [-0.25, -0.2) is 0 Å². The van der Waals surface area contributed by atoms with Gasteiger partial charge in [0, 0.05) is 23.3 Å². The van der Waals surface area contributed by atoms with Crippen LogP contribution >= 0.6 is 0 Å². The molecule has 108 valence electrons. The number of nitrogens with one attached hydrogen (secondary N) is 1. The summed E-state index contributed by atoms with van der Waals surface area (Å²) in [5.41, 5.74) is 0.404. The molecular weight excluding hydrogens is 283 g/mol. The zero-order valence-corrected chi connectivity index (χ0v) is 10.7. The number of fused-ring (bicyclic) bond motifs is 1. The summed E-state index contributed by atoms with van der Waals surface area (Å²) in [6, 6.07) is 7.30. The Bertz CT molecular complexity index is 754. The van der Waals surface area contributed by atoms with Gasteiger partial charge in [-0.05, 0) is 12.1 Å². The van der Waals surface area contributed by atoms with Crippen LogP contribution in [0.25, 0.3) is 10.9 Å². The number of nitrogens with zero attached hydrogens (tertiary/aromatic N) is 2. The highest BCUT2D eigenvalue weighted by Gasteiger charge is 2.33. The van der Waals surface area contributed by atoms with E-state index in [1.165, 1.54) is 18.5 Å². The predicted octanol–water partition coefficient (Wildman–Crippen LogP) is 3.85. The topological polar surface area (TPSA) is 51.0 Å². The van der Waals surface area contributed by atoms with Crippen molar-refractivity contribution >= 4 is 16.6 Å². The Kier molecular flexibility index (Phi) is 3.25. The molecule has 2 heterocycles. The lowest BCUT2D eigenvalue weighted by Gasteiger charge is -2.12. The van der Waals surface area contributed by atoms with Crippen LogP contribution in [0.3, 0.4) is 0 Å². The Morgan fingerprint density at radius 2 is 2.00 bits per heavy atom. The van der Waals surface area contributed by atoms with Crippen LogP contribution in [0.4, 0.5) is 18.9 Å². The molecule has 3 rings (SSSR count). The van der Waals surface area contributed by atoms with Crippen LogP contribution < -0.4 is 5.32 Å². The third-order valence-electron chi connectivity index (χ3n) is 3.03. The molecule has 0 unspecified atom stereocenters. The van der Waals surface area contributed by atoms with Gasteiger partial charge in [-0.1, -0.05) is 17.3 Å². The highest BCUT2D eigenvalue weighted by atomic mass is 19.4. The van der Waals surface area contributed by atoms with E-state index < -0.39 is 11.7 Å². The van der Waals surface area contributed by atoms with Crippen molar-refractivity contribution in [1.82, 2.24) is 10.1 Å². The minimum atomic E-state index is -4.43. The fourth-order valence-electron chi connectivity index (χ4n) is 2.07. The summed E-state index contributed by atoms with van der Waals surface area (Å²) in [6.45, 7) is 0.353. The van der Waals surface area contributed by atoms with E-state index >= 15 is 0 Å². The second kappa shape index (κ2) is 5.08. The van der Waals surface area contributed by atoms with Crippen molar-refractivity contribution < 1.29 is 17.7 Å². The Morgan fingerprint density at radius 1 is 1.14 bits per heavy atom. The van der Waals surface area contributed by atoms with Gasteiger partial charge in [-0.2, -0.15) is 13.2 Å². The number of benzene rings is 1. The first-order valence-corrected chi connectivity index (χ1v) is 6.14. The zero-order valence-electron chi connectivity index (χ0n) is 10.7. The average molecular weight is 293 g/mol. The first-order chi connectivity index (χ1) is 10.1. The maximum atomic E-state index is 13.0. The molecule has 3 aromatic rings. The number of alkyl halides is 3. The van der Waals surface area contributed by atoms with Gasteiger partial charge in [-0.15, -0.1) is 0 Å². The van der Waals surface area contributed by atoms with Crippen molar-refractivity contribution in [3.05, 3.63) is 54.0 Å². The van der Waals surface area contributed by atoms with Gasteiger partial charge in [0.05, 0.1) is 17.6 Å². The van der Waals surface area contributed by atoms with E-state index in [0.29, 0.717) is 23.3 Å². The molecule has 0 radical (unpaired) electrons. The SMILES string of the molecule is FC(F)(F)c1cccc2c(NCc3ccon3)ccnc12. The highest BCUT2D eigenvalue weighted by molar-refractivity contribution is 5.93. The van der Waals surface area contributed by atoms with Crippen LogP contribution in [-0.4, -0.2) is 10.1 Å². The molecule has 1 N–H and O–H groups in total. The van der Waals surface area contributed by atoms with Crippen molar-refractivity contribution in [3.8, 4) is 0 Å². The van der Waals surface area contributed by atoms with Crippen LogP contribution in [0.5, 0.6) is 0 Å². The van der Waals surface area contributed by atoms with Crippen LogP contribution in [0.2, 0.25) is 0 Å². The minimum absolute atomic E-state index is 0.0739. The van der Waals surface area contributed by atoms with Crippen molar-refractivity contribution in [1.29, 1.82) is 0 Å². The minimum Gasteiger partial charge on any atom is -0.379 e. The number of halogens is 3. The van der Waals surface area contributed by atoms with Crippen LogP contribution in [0.1, 0.15) is 11.3 Å². The lowest BCUT2D eigenvalue weighted by atomic mass is 10.1. The van der Waals surface area contributed by atoms with E-state index in [1.54, 1.807) is 18.2 Å². The molecule has 0 saturated carbocycles. The molecule has 0 fully saturated rings. The quantitative estimate of drug-likeness (QED) is 0.796. The third kappa shape index (κ3) is 2.67. The molecule has 0 aliphatic carbocycles. The second-order valence-electron chi connectivity index (χ2n) is 4.40. The second-order valence-corrected chi connectivity index (χ2v) is 4.40. The summed E-state index contributed by atoms with van der Waals surface area (Å²) in [5.74, 6) is 0. The zero-order chi connectivity index (χ0) is 14.9. The van der Waals surface area contributed by atoms with E-state index in [2.05, 4.69) is 15.5 Å². The van der Waals surface area contributed by atoms with Gasteiger partial charge in [0.25, 0.3) is 0 Å². The van der Waals surface area contributed by atoms with E-state index in [1.807, 2.05) is 0 Å². The number of pyridine rings is 1. The number of anilines is 1. The summed E-state index contributed by atoms with van der Waals surface area (Å²) < 4.78 is 43.6. The van der Waals surface area contributed by atoms with Crippen molar-refractivity contribution in [2.45, 2.75) is 12.7 Å². The monoisotopic (exact) mass is 293 g/mol. The lowest BCUT2D eigenvalue weighted by molar-refractivity contribution is -0.136. The molecule has 0 atom stereocenters. The highest BCUT2D eigenvalue weighted by Crippen LogP contribution is 2.35. The molecule has 21 heavy (non-hydrogen) atoms. The molecule has 4 nitrogen and oxygen atoms in total. The molecule has 0 amide bonds. The molecule has 2 aromatic heterocycles. The Labute approximate surface area is 117 Å². The first-order valence-electron chi connectivity index (χ1n) is 6.14. The van der Waals surface area contributed by atoms with E-state index in [0.717, 1.165) is 6.07 Å². The average Bonchev–Trinajstić information content (AvgIpc) is 2.96. The van der Waals surface area contributed by atoms with Gasteiger partial charge >= 0.3 is 6.18 Å². The summed E-state index contributed by atoms with van der Waals surface area (Å²) in [5, 5.41) is 7.19. The van der Waals surface area contributed by atoms with Gasteiger partial charge in [0.15, 0.2) is 0 Å². The number of rotatable bonds is 3. The number of para-hydroxylation sites is 1. The summed E-state index contributed by atoms with van der Waals surface area (Å²) in [4.78, 5) is 3.86. The predicted molar refractivity (Wildman–Crippen MR) is 70.6 cm³/mol. The fourth-order valence-corrected chi connectivity index (χ4v) is 2.07. The van der Waals surface area contributed by atoms with Crippen molar-refractivity contribution in [2.24, 2.45) is 0 Å². The summed E-state index contributed by atoms with van der Waals surface area (Å²) in [6.07, 6.45) is -1.65. The first kappa shape index (κ1) is 13.4. The maximum Gasteiger partial charge on any atom is 0.418 e. The third-order valence-corrected chi connectivity index (χ3v) is 3.03. The molecule has 0 saturated heterocycles. The Hall–Kier alpha value is -2.57. The van der Waals surface area contributed by atoms with Crippen molar-refractivity contribution in [2.75, 3.05) is 5.32 Å². The van der Waals surface area contributed by atoms with Crippen LogP contribution in [-0.2, 0) is 12.7 Å². The molecule has 7 heteroatoms. The number of hydrogen-bond acceptors (Lipinski definition) is 4. The smallest absolute Gasteiger partial charge is 0.379 e. The van der Waals surface area contributed by atoms with E-state index in [4.69, 9.17) is 4.52 Å². The molecule has 0 spiro atoms. The van der Waals surface area contributed by atoms with Crippen molar-refractivity contribution in [3.63, 3.8) is 0 Å². The molecule has 0 aliphatic heterocycles. The molecule has 1 aromatic carbocycles. The lowest BCUT2D eigenvalue weighted by Crippen LogP contribution is -2.07. The molecule has 0 aliphatic rings. The standard InChI is InChI=1S/C14H10F3N3O/c15-14(16,17)11-3-1-2-10-12(4-6-18-13(10)11)19-8-9-5-7-21-20-9/h1-7H,8H2,(H,18,19). The van der Waals surface area contributed by atoms with E-state index in [-0.39, 0.29) is 5.52 Å². The molecule has 0 bridgehead atoms. The maximum absolute atomic E-state index is 13.0. The summed E-state index contributed by atoms with van der Waals surface area (Å²) >= 11 is 0. The number of hydrogen-bond donors (Lipinski definition) is 1. The molecular formula is C14H10F3N3O. The van der Waals surface area contributed by atoms with Crippen LogP contribution in [0, 0.1) is 0 Å². The Balaban J connectivity index is 2.00. The largest absolute Gasteiger partial charge is 0.418 e. The van der Waals surface area contributed by atoms with Gasteiger partial charge in [0.2, 0.25) is 0 Å². The normalized spacial score (nSPS) is 11.8. The van der Waals surface area contributed by atoms with Gasteiger partial charge in [0.1, 0.15) is 12.0 Å². The fraction of sp³-hybridized carbons (Fsp3) is 0.143. The number of aromatic nitrogens is 2. The van der Waals surface area contributed by atoms with Gasteiger partial charge in [-0.3, -0.25) is 4.98 Å². The van der Waals surface area contributed by atoms with Gasteiger partial charge < -0.3 is 9.84 Å². The van der Waals surface area contributed by atoms with Crippen LogP contribution in [0.15, 0.2) is 47.3 Å². The van der Waals surface area contributed by atoms with E-state index in [9.17, 15) is 13.2 Å². The Morgan fingerprint density at radius 3 is 2.71 bits per heavy atom. The summed E-state index contributed by atoms with van der Waals surface area (Å²) in [7, 11) is 0.